The highest BCUT2D eigenvalue weighted by atomic mass is 35.5. The van der Waals surface area contributed by atoms with Gasteiger partial charge in [-0.25, -0.2) is 9.29 Å². The molecule has 0 radical (unpaired) electrons. The molecular weight excluding hydrogens is 661 g/mol. The number of carbonyl (C=O) groups excluding carboxylic acids is 4. The minimum Gasteiger partial charge on any atom is -0.507 e. The van der Waals surface area contributed by atoms with E-state index in [1.54, 1.807) is 30.4 Å². The highest BCUT2D eigenvalue weighted by Crippen LogP contribution is 2.66. The number of alkyl halides is 2. The molecule has 2 heterocycles. The Labute approximate surface area is 285 Å². The number of anilines is 2. The molecule has 244 valence electrons. The Morgan fingerprint density at radius 2 is 1.62 bits per heavy atom. The van der Waals surface area contributed by atoms with Crippen LogP contribution in [0.1, 0.15) is 29.9 Å². The lowest BCUT2D eigenvalue weighted by atomic mass is 9.56. The van der Waals surface area contributed by atoms with Gasteiger partial charge in [-0.15, -0.1) is 29.8 Å². The summed E-state index contributed by atoms with van der Waals surface area (Å²) in [5, 5.41) is 31.0. The van der Waals surface area contributed by atoms with Gasteiger partial charge in [-0.3, -0.25) is 24.1 Å². The highest BCUT2D eigenvalue weighted by Gasteiger charge is 2.77. The van der Waals surface area contributed by atoms with Crippen LogP contribution in [0.15, 0.2) is 91.0 Å². The van der Waals surface area contributed by atoms with Crippen molar-refractivity contribution in [2.75, 3.05) is 9.80 Å². The average Bonchev–Trinajstić information content (AvgIpc) is 3.40. The molecule has 0 aromatic heterocycles. The van der Waals surface area contributed by atoms with Crippen LogP contribution in [0, 0.1) is 23.6 Å². The molecule has 48 heavy (non-hydrogen) atoms. The monoisotopic (exact) mass is 688 g/mol. The second-order valence-electron chi connectivity index (χ2n) is 12.6. The number of rotatable bonds is 6. The molecule has 1 saturated carbocycles. The summed E-state index contributed by atoms with van der Waals surface area (Å²) in [5.41, 5.74) is 1.45. The van der Waals surface area contributed by atoms with Crippen molar-refractivity contribution >= 4 is 70.8 Å². The first-order valence-corrected chi connectivity index (χ1v) is 16.1. The largest absolute Gasteiger partial charge is 0.507 e. The molecule has 2 saturated heterocycles. The molecule has 9 nitrogen and oxygen atoms in total. The smallest absolute Gasteiger partial charge is 0.488 e. The van der Waals surface area contributed by atoms with Crippen molar-refractivity contribution < 1.29 is 38.7 Å². The Bertz CT molecular complexity index is 1950. The standard InChI is InChI=1S/C35H28BCl2FN2O7/c1-2-5-18-6-3-9-25(29(18)42)28-23-14-15-24-27(31(44)40(30(24)43)22-8-4-7-19(16-22)36(47)48)26(23)17-34(37)32(45)41(33(46)35(28,34)38)21-12-10-20(39)11-13-21/h2-4,6-14,16,24,26-28,42,47-48H,1,5,15,17H2/t24-,26+,27-,28+,34+,35-/m0/s1. The quantitative estimate of drug-likeness (QED) is 0.156. The van der Waals surface area contributed by atoms with E-state index in [0.717, 1.165) is 21.9 Å². The Hall–Kier alpha value is -4.29. The molecule has 3 fully saturated rings. The van der Waals surface area contributed by atoms with E-state index in [0.29, 0.717) is 11.1 Å². The molecule has 0 bridgehead atoms. The van der Waals surface area contributed by atoms with Crippen LogP contribution in [0.5, 0.6) is 5.75 Å². The lowest BCUT2D eigenvalue weighted by Gasteiger charge is -2.50. The first-order valence-electron chi connectivity index (χ1n) is 15.3. The number of fused-ring (bicyclic) bond motifs is 4. The maximum absolute atomic E-state index is 14.5. The van der Waals surface area contributed by atoms with Crippen molar-refractivity contribution in [3.8, 4) is 5.75 Å². The van der Waals surface area contributed by atoms with Gasteiger partial charge in [-0.2, -0.15) is 0 Å². The molecule has 4 amide bonds. The molecule has 2 aliphatic carbocycles. The number of hydrogen-bond acceptors (Lipinski definition) is 7. The predicted molar refractivity (Wildman–Crippen MR) is 177 cm³/mol. The van der Waals surface area contributed by atoms with Crippen LogP contribution in [0.25, 0.3) is 0 Å². The Kier molecular flexibility index (Phi) is 7.67. The van der Waals surface area contributed by atoms with Crippen LogP contribution in [-0.4, -0.2) is 55.7 Å². The fourth-order valence-electron chi connectivity index (χ4n) is 7.99. The lowest BCUT2D eigenvalue weighted by Crippen LogP contribution is -2.60. The van der Waals surface area contributed by atoms with E-state index >= 15 is 0 Å². The summed E-state index contributed by atoms with van der Waals surface area (Å²) in [6, 6.07) is 15.4. The fraction of sp³-hybridized carbons (Fsp3) is 0.257. The van der Waals surface area contributed by atoms with Gasteiger partial charge in [0.1, 0.15) is 11.6 Å². The Morgan fingerprint density at radius 1 is 0.917 bits per heavy atom. The van der Waals surface area contributed by atoms with Crippen molar-refractivity contribution in [2.24, 2.45) is 17.8 Å². The molecule has 3 aromatic rings. The van der Waals surface area contributed by atoms with Gasteiger partial charge in [0.2, 0.25) is 11.8 Å². The summed E-state index contributed by atoms with van der Waals surface area (Å²) in [4.78, 5) is 54.5. The topological polar surface area (TPSA) is 135 Å². The van der Waals surface area contributed by atoms with E-state index in [-0.39, 0.29) is 47.4 Å². The zero-order valence-electron chi connectivity index (χ0n) is 25.2. The SMILES string of the molecule is C=CCc1cccc([C@H]2C3=CC[C@@H]4C(=O)N(c5cccc(B(O)O)c5)C(=O)[C@@H]4[C@@H]3C[C@@]3(Cl)C(=O)N(c4ccc(F)cc4)C(=O)[C@@]23Cl)c1O. The summed E-state index contributed by atoms with van der Waals surface area (Å²) in [6.07, 6.45) is 3.42. The van der Waals surface area contributed by atoms with E-state index in [9.17, 15) is 38.7 Å². The Morgan fingerprint density at radius 3 is 2.31 bits per heavy atom. The molecule has 0 spiro atoms. The van der Waals surface area contributed by atoms with Gasteiger partial charge < -0.3 is 15.2 Å². The molecule has 3 N–H and O–H groups in total. The van der Waals surface area contributed by atoms with Crippen LogP contribution in [0.2, 0.25) is 0 Å². The van der Waals surface area contributed by atoms with Crippen molar-refractivity contribution in [3.63, 3.8) is 0 Å². The number of imide groups is 2. The van der Waals surface area contributed by atoms with Gasteiger partial charge in [-0.1, -0.05) is 48.1 Å². The predicted octanol–water partition coefficient (Wildman–Crippen LogP) is 3.71. The number of para-hydroxylation sites is 1. The molecule has 13 heteroatoms. The molecule has 2 aliphatic heterocycles. The average molecular weight is 689 g/mol. The number of phenols is 1. The number of aromatic hydroxyl groups is 1. The minimum atomic E-state index is -2.20. The summed E-state index contributed by atoms with van der Waals surface area (Å²) >= 11 is 14.8. The van der Waals surface area contributed by atoms with Crippen LogP contribution in [0.4, 0.5) is 15.8 Å². The summed E-state index contributed by atoms with van der Waals surface area (Å²) in [5.74, 6) is -7.54. The summed E-state index contributed by atoms with van der Waals surface area (Å²) in [7, 11) is -1.83. The van der Waals surface area contributed by atoms with Crippen LogP contribution in [-0.2, 0) is 25.6 Å². The van der Waals surface area contributed by atoms with Crippen molar-refractivity contribution in [2.45, 2.75) is 34.9 Å². The zero-order valence-corrected chi connectivity index (χ0v) is 26.7. The van der Waals surface area contributed by atoms with Gasteiger partial charge in [0.05, 0.1) is 23.2 Å². The third-order valence-electron chi connectivity index (χ3n) is 10.1. The second-order valence-corrected chi connectivity index (χ2v) is 13.8. The second kappa shape index (κ2) is 11.4. The van der Waals surface area contributed by atoms with Crippen LogP contribution in [0.3, 0.4) is 0 Å². The minimum absolute atomic E-state index is 0.0447. The maximum Gasteiger partial charge on any atom is 0.488 e. The Balaban J connectivity index is 1.40. The molecule has 3 aromatic carbocycles. The molecule has 6 atom stereocenters. The third kappa shape index (κ3) is 4.38. The fourth-order valence-corrected chi connectivity index (χ4v) is 8.91. The first kappa shape index (κ1) is 32.3. The van der Waals surface area contributed by atoms with E-state index in [4.69, 9.17) is 23.2 Å². The number of carbonyl (C=O) groups is 4. The van der Waals surface area contributed by atoms with Gasteiger partial charge in [0.25, 0.3) is 11.8 Å². The molecular formula is C35H28BCl2FN2O7. The normalized spacial score (nSPS) is 29.4. The zero-order chi connectivity index (χ0) is 34.3. The molecule has 0 unspecified atom stereocenters. The van der Waals surface area contributed by atoms with Crippen LogP contribution < -0.4 is 15.3 Å². The molecule has 7 rings (SSSR count). The van der Waals surface area contributed by atoms with Gasteiger partial charge in [0.15, 0.2) is 9.75 Å². The van der Waals surface area contributed by atoms with Crippen molar-refractivity contribution in [1.29, 1.82) is 0 Å². The van der Waals surface area contributed by atoms with Crippen LogP contribution >= 0.6 is 23.2 Å². The third-order valence-corrected chi connectivity index (χ3v) is 11.6. The number of allylic oxidation sites excluding steroid dienone is 3. The van der Waals surface area contributed by atoms with Crippen molar-refractivity contribution in [3.05, 3.63) is 108 Å². The number of benzene rings is 3. The van der Waals surface area contributed by atoms with E-state index in [1.807, 2.05) is 0 Å². The highest BCUT2D eigenvalue weighted by molar-refractivity contribution is 6.59. The van der Waals surface area contributed by atoms with Gasteiger partial charge >= 0.3 is 7.12 Å². The summed E-state index contributed by atoms with van der Waals surface area (Å²) < 4.78 is 13.9. The number of hydrogen-bond donors (Lipinski definition) is 3. The van der Waals surface area contributed by atoms with E-state index in [2.05, 4.69) is 6.58 Å². The van der Waals surface area contributed by atoms with E-state index < -0.39 is 70.0 Å². The molecule has 4 aliphatic rings. The lowest BCUT2D eigenvalue weighted by molar-refractivity contribution is -0.125. The summed E-state index contributed by atoms with van der Waals surface area (Å²) in [6.45, 7) is 3.75. The maximum atomic E-state index is 14.5. The number of nitrogens with zero attached hydrogens (tertiary/aromatic N) is 2. The number of phenolic OH excluding ortho intramolecular Hbond substituents is 1. The number of amides is 4. The first-order chi connectivity index (χ1) is 22.8. The van der Waals surface area contributed by atoms with Gasteiger partial charge in [0, 0.05) is 11.5 Å². The van der Waals surface area contributed by atoms with Crippen molar-refractivity contribution in [1.82, 2.24) is 0 Å². The van der Waals surface area contributed by atoms with Gasteiger partial charge in [-0.05, 0) is 72.6 Å². The number of halogens is 3. The van der Waals surface area contributed by atoms with E-state index in [1.165, 1.54) is 36.4 Å².